The maximum atomic E-state index is 12.6. The van der Waals surface area contributed by atoms with Crippen LogP contribution in [0.1, 0.15) is 17.7 Å². The molecule has 21 heavy (non-hydrogen) atoms. The Hall–Kier alpha value is -1.37. The molecular weight excluding hydrogens is 310 g/mol. The maximum Gasteiger partial charge on any atom is 0.218 e. The summed E-state index contributed by atoms with van der Waals surface area (Å²) < 4.78 is 28.8. The smallest absolute Gasteiger partial charge is 0.218 e. The van der Waals surface area contributed by atoms with E-state index in [0.717, 1.165) is 18.7 Å². The van der Waals surface area contributed by atoms with Gasteiger partial charge in [-0.3, -0.25) is 0 Å². The molecule has 0 saturated heterocycles. The molecular formula is C14H16ClN3O2S. The van der Waals surface area contributed by atoms with E-state index in [1.165, 1.54) is 4.31 Å². The summed E-state index contributed by atoms with van der Waals surface area (Å²) >= 11 is 5.92. The summed E-state index contributed by atoms with van der Waals surface area (Å²) in [6.07, 6.45) is 4.27. The lowest BCUT2D eigenvalue weighted by molar-refractivity contribution is 0.409. The van der Waals surface area contributed by atoms with Crippen molar-refractivity contribution in [3.63, 3.8) is 0 Å². The van der Waals surface area contributed by atoms with E-state index in [1.54, 1.807) is 36.8 Å². The highest BCUT2D eigenvalue weighted by atomic mass is 35.5. The van der Waals surface area contributed by atoms with Crippen molar-refractivity contribution in [2.24, 2.45) is 0 Å². The average molecular weight is 326 g/mol. The predicted molar refractivity (Wildman–Crippen MR) is 81.3 cm³/mol. The first-order chi connectivity index (χ1) is 10.0. The standard InChI is InChI=1S/C14H16ClN3O2S/c15-13-4-1-3-12(7-13)10-21(19,20)18-6-2-5-17-11-16-8-14(17)9-18/h1,3-4,7-8,11H,2,5-6,9-10H2. The van der Waals surface area contributed by atoms with Crippen LogP contribution >= 0.6 is 11.6 Å². The van der Waals surface area contributed by atoms with E-state index in [1.807, 2.05) is 4.57 Å². The number of fused-ring (bicyclic) bond motifs is 1. The molecule has 2 heterocycles. The van der Waals surface area contributed by atoms with E-state index >= 15 is 0 Å². The molecule has 3 rings (SSSR count). The summed E-state index contributed by atoms with van der Waals surface area (Å²) in [6, 6.07) is 6.99. The van der Waals surface area contributed by atoms with Crippen molar-refractivity contribution in [3.05, 3.63) is 53.1 Å². The molecule has 0 N–H and O–H groups in total. The van der Waals surface area contributed by atoms with Gasteiger partial charge in [0, 0.05) is 24.3 Å². The number of hydrogen-bond acceptors (Lipinski definition) is 3. The number of hydrogen-bond donors (Lipinski definition) is 0. The highest BCUT2D eigenvalue weighted by Gasteiger charge is 2.25. The molecule has 0 atom stereocenters. The van der Waals surface area contributed by atoms with Crippen molar-refractivity contribution >= 4 is 21.6 Å². The third-order valence-electron chi connectivity index (χ3n) is 3.57. The summed E-state index contributed by atoms with van der Waals surface area (Å²) in [5.74, 6) is -0.0261. The Morgan fingerprint density at radius 2 is 2.14 bits per heavy atom. The number of imidazole rings is 1. The van der Waals surface area contributed by atoms with Gasteiger partial charge in [0.05, 0.1) is 24.3 Å². The van der Waals surface area contributed by atoms with Gasteiger partial charge in [0.2, 0.25) is 10.0 Å². The van der Waals surface area contributed by atoms with Crippen LogP contribution in [0.2, 0.25) is 5.02 Å². The second-order valence-corrected chi connectivity index (χ2v) is 7.56. The minimum atomic E-state index is -3.36. The van der Waals surface area contributed by atoms with Gasteiger partial charge >= 0.3 is 0 Å². The second-order valence-electron chi connectivity index (χ2n) is 5.15. The molecule has 0 bridgehead atoms. The Kier molecular flexibility index (Phi) is 4.01. The van der Waals surface area contributed by atoms with Crippen LogP contribution in [-0.2, 0) is 28.9 Å². The minimum absolute atomic E-state index is 0.0261. The monoisotopic (exact) mass is 325 g/mol. The van der Waals surface area contributed by atoms with Crippen LogP contribution in [0.25, 0.3) is 0 Å². The van der Waals surface area contributed by atoms with Crippen LogP contribution < -0.4 is 0 Å². The number of benzene rings is 1. The molecule has 0 spiro atoms. The van der Waals surface area contributed by atoms with E-state index in [9.17, 15) is 8.42 Å². The van der Waals surface area contributed by atoms with Gasteiger partial charge in [-0.15, -0.1) is 0 Å². The number of nitrogens with zero attached hydrogens (tertiary/aromatic N) is 3. The third-order valence-corrected chi connectivity index (χ3v) is 5.61. The molecule has 1 aliphatic heterocycles. The van der Waals surface area contributed by atoms with Gasteiger partial charge < -0.3 is 4.57 Å². The lowest BCUT2D eigenvalue weighted by Gasteiger charge is -2.19. The van der Waals surface area contributed by atoms with Gasteiger partial charge in [0.15, 0.2) is 0 Å². The summed E-state index contributed by atoms with van der Waals surface area (Å²) in [4.78, 5) is 4.08. The molecule has 0 radical (unpaired) electrons. The van der Waals surface area contributed by atoms with Crippen LogP contribution in [0.3, 0.4) is 0 Å². The molecule has 2 aromatic rings. The Bertz CT molecular complexity index is 742. The normalized spacial score (nSPS) is 16.4. The zero-order valence-corrected chi connectivity index (χ0v) is 13.0. The van der Waals surface area contributed by atoms with Crippen molar-refractivity contribution in [1.29, 1.82) is 0 Å². The number of halogens is 1. The fraction of sp³-hybridized carbons (Fsp3) is 0.357. The molecule has 1 aliphatic rings. The lowest BCUT2D eigenvalue weighted by atomic mass is 10.2. The quantitative estimate of drug-likeness (QED) is 0.870. The fourth-order valence-electron chi connectivity index (χ4n) is 2.52. The summed E-state index contributed by atoms with van der Waals surface area (Å²) in [5.41, 5.74) is 1.64. The second kappa shape index (κ2) is 5.79. The van der Waals surface area contributed by atoms with Gasteiger partial charge in [-0.1, -0.05) is 23.7 Å². The van der Waals surface area contributed by atoms with Crippen LogP contribution in [0, 0.1) is 0 Å². The number of sulfonamides is 1. The predicted octanol–water partition coefficient (Wildman–Crippen LogP) is 2.27. The number of rotatable bonds is 3. The van der Waals surface area contributed by atoms with Crippen LogP contribution in [0.15, 0.2) is 36.8 Å². The van der Waals surface area contributed by atoms with Gasteiger partial charge in [0.25, 0.3) is 0 Å². The Morgan fingerprint density at radius 3 is 2.95 bits per heavy atom. The van der Waals surface area contributed by atoms with Crippen molar-refractivity contribution in [1.82, 2.24) is 13.9 Å². The molecule has 0 amide bonds. The number of aromatic nitrogens is 2. The molecule has 0 unspecified atom stereocenters. The lowest BCUT2D eigenvalue weighted by Crippen LogP contribution is -2.31. The molecule has 0 aliphatic carbocycles. The maximum absolute atomic E-state index is 12.6. The number of aryl methyl sites for hydroxylation is 1. The van der Waals surface area contributed by atoms with Gasteiger partial charge in [-0.2, -0.15) is 4.31 Å². The van der Waals surface area contributed by atoms with E-state index in [2.05, 4.69) is 4.98 Å². The molecule has 112 valence electrons. The van der Waals surface area contributed by atoms with Gasteiger partial charge in [-0.25, -0.2) is 13.4 Å². The largest absolute Gasteiger partial charge is 0.333 e. The first-order valence-electron chi connectivity index (χ1n) is 6.76. The van der Waals surface area contributed by atoms with Crippen molar-refractivity contribution in [3.8, 4) is 0 Å². The van der Waals surface area contributed by atoms with E-state index in [4.69, 9.17) is 11.6 Å². The molecule has 7 heteroatoms. The zero-order chi connectivity index (χ0) is 14.9. The topological polar surface area (TPSA) is 55.2 Å². The molecule has 5 nitrogen and oxygen atoms in total. The van der Waals surface area contributed by atoms with E-state index in [0.29, 0.717) is 23.7 Å². The van der Waals surface area contributed by atoms with Crippen molar-refractivity contribution in [2.75, 3.05) is 6.54 Å². The SMILES string of the molecule is O=S(=O)(Cc1cccc(Cl)c1)N1CCCn2cncc2C1. The third kappa shape index (κ3) is 3.28. The summed E-state index contributed by atoms with van der Waals surface area (Å²) in [6.45, 7) is 1.71. The summed E-state index contributed by atoms with van der Waals surface area (Å²) in [5, 5.41) is 0.552. The molecule has 1 aromatic heterocycles. The molecule has 0 saturated carbocycles. The molecule has 1 aromatic carbocycles. The Labute approximate surface area is 129 Å². The zero-order valence-electron chi connectivity index (χ0n) is 11.4. The van der Waals surface area contributed by atoms with E-state index in [-0.39, 0.29) is 5.75 Å². The van der Waals surface area contributed by atoms with Crippen LogP contribution in [-0.4, -0.2) is 28.8 Å². The average Bonchev–Trinajstić information content (AvgIpc) is 2.75. The summed E-state index contributed by atoms with van der Waals surface area (Å²) in [7, 11) is -3.36. The Balaban J connectivity index is 1.82. The Morgan fingerprint density at radius 1 is 1.29 bits per heavy atom. The van der Waals surface area contributed by atoms with Gasteiger partial charge in [0.1, 0.15) is 0 Å². The van der Waals surface area contributed by atoms with Crippen molar-refractivity contribution < 1.29 is 8.42 Å². The van der Waals surface area contributed by atoms with Crippen LogP contribution in [0.4, 0.5) is 0 Å². The molecule has 0 fully saturated rings. The highest BCUT2D eigenvalue weighted by molar-refractivity contribution is 7.88. The van der Waals surface area contributed by atoms with Gasteiger partial charge in [-0.05, 0) is 24.1 Å². The van der Waals surface area contributed by atoms with Crippen molar-refractivity contribution in [2.45, 2.75) is 25.3 Å². The van der Waals surface area contributed by atoms with E-state index < -0.39 is 10.0 Å². The first-order valence-corrected chi connectivity index (χ1v) is 8.74. The fourth-order valence-corrected chi connectivity index (χ4v) is 4.26. The highest BCUT2D eigenvalue weighted by Crippen LogP contribution is 2.19. The van der Waals surface area contributed by atoms with Crippen LogP contribution in [0.5, 0.6) is 0 Å². The first kappa shape index (κ1) is 14.6. The minimum Gasteiger partial charge on any atom is -0.333 e.